The predicted octanol–water partition coefficient (Wildman–Crippen LogP) is 26.1. The number of hydrogen-bond acceptors (Lipinski definition) is 5. The lowest BCUT2D eigenvalue weighted by Gasteiger charge is -2.25. The number of rotatable bonds is 75. The van der Waals surface area contributed by atoms with Gasteiger partial charge in [-0.3, -0.25) is 13.8 Å². The maximum Gasteiger partial charge on any atom is 0.472 e. The lowest BCUT2D eigenvalue weighted by atomic mass is 10.0. The molecule has 0 aliphatic heterocycles. The number of unbranched alkanes of at least 4 members (excludes halogenated alkanes) is 56. The van der Waals surface area contributed by atoms with E-state index in [-0.39, 0.29) is 19.1 Å². The van der Waals surface area contributed by atoms with Crippen LogP contribution in [0.5, 0.6) is 0 Å². The fourth-order valence-electron chi connectivity index (χ4n) is 12.4. The van der Waals surface area contributed by atoms with Crippen molar-refractivity contribution < 1.29 is 32.9 Å². The molecule has 0 rings (SSSR count). The number of phosphoric ester groups is 1. The third kappa shape index (κ3) is 73.9. The molecule has 0 aliphatic carbocycles. The highest BCUT2D eigenvalue weighted by Gasteiger charge is 2.28. The number of amides is 1. The first-order chi connectivity index (χ1) is 44.0. The van der Waals surface area contributed by atoms with E-state index in [0.717, 1.165) is 44.9 Å². The fraction of sp³-hybridized carbons (Fsp3) is 0.889. The zero-order chi connectivity index (χ0) is 65.5. The number of phosphoric acid groups is 1. The van der Waals surface area contributed by atoms with Gasteiger partial charge in [0.2, 0.25) is 5.91 Å². The largest absolute Gasteiger partial charge is 0.472 e. The zero-order valence-corrected chi connectivity index (χ0v) is 62.1. The minimum absolute atomic E-state index is 0.0634. The number of aliphatic hydroxyl groups excluding tert-OH is 1. The minimum Gasteiger partial charge on any atom is -0.387 e. The van der Waals surface area contributed by atoms with Crippen molar-refractivity contribution in [1.29, 1.82) is 0 Å². The Labute approximate surface area is 562 Å². The van der Waals surface area contributed by atoms with Crippen LogP contribution in [0.15, 0.2) is 48.6 Å². The standard InChI is InChI=1S/C81H157N2O6P/c1-6-8-10-12-14-16-18-20-22-24-26-28-30-32-34-36-38-39-40-41-42-43-45-47-49-51-53-55-57-59-61-63-65-67-69-71-73-75-81(85)82-79(78-89-90(86,87)88-77-76-83(3,4)5)80(84)74-72-70-68-66-64-62-60-58-56-54-52-50-48-46-44-37-35-33-31-29-27-25-23-21-19-17-15-13-11-9-7-2/h18,20,24,26,30,32,72,74,79-80,84H,6-17,19,21-23,25,27-29,31,33-71,73,75-78H2,1-5H3,(H-,82,85,86,87)/p+1/b20-18-,26-24-,32-30-,74-72+. The third-order valence-electron chi connectivity index (χ3n) is 18.5. The number of nitrogens with one attached hydrogen (secondary N) is 1. The van der Waals surface area contributed by atoms with E-state index in [1.165, 1.54) is 347 Å². The molecule has 9 heteroatoms. The van der Waals surface area contributed by atoms with Gasteiger partial charge in [0.15, 0.2) is 0 Å². The molecule has 0 aromatic heterocycles. The zero-order valence-electron chi connectivity index (χ0n) is 61.2. The van der Waals surface area contributed by atoms with Crippen LogP contribution in [-0.2, 0) is 18.4 Å². The Hall–Kier alpha value is -1.54. The second-order valence-electron chi connectivity index (χ2n) is 28.8. The van der Waals surface area contributed by atoms with E-state index < -0.39 is 20.0 Å². The average molecular weight is 1290 g/mol. The monoisotopic (exact) mass is 1290 g/mol. The minimum atomic E-state index is -4.36. The molecule has 3 N–H and O–H groups in total. The van der Waals surface area contributed by atoms with Crippen LogP contribution in [0, 0.1) is 0 Å². The van der Waals surface area contributed by atoms with Crippen molar-refractivity contribution in [2.45, 2.75) is 424 Å². The summed E-state index contributed by atoms with van der Waals surface area (Å²) in [4.78, 5) is 23.5. The van der Waals surface area contributed by atoms with Crippen LogP contribution in [0.3, 0.4) is 0 Å². The van der Waals surface area contributed by atoms with E-state index in [2.05, 4.69) is 55.6 Å². The molecule has 90 heavy (non-hydrogen) atoms. The molecule has 0 aliphatic rings. The van der Waals surface area contributed by atoms with E-state index in [0.29, 0.717) is 17.4 Å². The second-order valence-corrected chi connectivity index (χ2v) is 30.3. The van der Waals surface area contributed by atoms with E-state index >= 15 is 0 Å². The SMILES string of the molecule is CCCCCCC/C=C\C/C=C\C/C=C\CCCCCCCCCCCCCCCCCCCCCCCCC(=O)NC(COP(=O)(O)OCC[N+](C)(C)C)C(O)/C=C/CCCCCCCCCCCCCCCCCCCCCCCCCCCCCCC. The number of carbonyl (C=O) groups excluding carboxylic acids is 1. The maximum atomic E-state index is 13.1. The number of hydrogen-bond donors (Lipinski definition) is 3. The van der Waals surface area contributed by atoms with Gasteiger partial charge in [0.25, 0.3) is 0 Å². The van der Waals surface area contributed by atoms with Crippen molar-refractivity contribution in [3.63, 3.8) is 0 Å². The number of likely N-dealkylation sites (N-methyl/N-ethyl adjacent to an activating group) is 1. The van der Waals surface area contributed by atoms with Gasteiger partial charge in [0, 0.05) is 6.42 Å². The summed E-state index contributed by atoms with van der Waals surface area (Å²) >= 11 is 0. The maximum absolute atomic E-state index is 13.1. The van der Waals surface area contributed by atoms with Gasteiger partial charge in [-0.15, -0.1) is 0 Å². The Morgan fingerprint density at radius 2 is 0.633 bits per heavy atom. The van der Waals surface area contributed by atoms with Crippen molar-refractivity contribution in [2.75, 3.05) is 40.9 Å². The summed E-state index contributed by atoms with van der Waals surface area (Å²) in [6.07, 6.45) is 98.7. The van der Waals surface area contributed by atoms with Crippen molar-refractivity contribution in [2.24, 2.45) is 0 Å². The van der Waals surface area contributed by atoms with Gasteiger partial charge in [-0.05, 0) is 57.8 Å². The van der Waals surface area contributed by atoms with Crippen LogP contribution < -0.4 is 5.32 Å². The van der Waals surface area contributed by atoms with E-state index in [4.69, 9.17) is 9.05 Å². The normalized spacial score (nSPS) is 13.7. The molecule has 0 saturated carbocycles. The first-order valence-corrected chi connectivity index (χ1v) is 41.5. The summed E-state index contributed by atoms with van der Waals surface area (Å²) in [5.74, 6) is -0.168. The molecule has 0 saturated heterocycles. The quantitative estimate of drug-likeness (QED) is 0.0243. The van der Waals surface area contributed by atoms with Crippen molar-refractivity contribution in [1.82, 2.24) is 5.32 Å². The molecule has 0 fully saturated rings. The highest BCUT2D eigenvalue weighted by atomic mass is 31.2. The van der Waals surface area contributed by atoms with Gasteiger partial charge in [-0.25, -0.2) is 4.57 Å². The number of allylic oxidation sites excluding steroid dienone is 7. The Morgan fingerprint density at radius 1 is 0.378 bits per heavy atom. The highest BCUT2D eigenvalue weighted by molar-refractivity contribution is 7.47. The Morgan fingerprint density at radius 3 is 0.922 bits per heavy atom. The lowest BCUT2D eigenvalue weighted by Crippen LogP contribution is -2.45. The summed E-state index contributed by atoms with van der Waals surface area (Å²) < 4.78 is 23.9. The lowest BCUT2D eigenvalue weighted by molar-refractivity contribution is -0.870. The summed E-state index contributed by atoms with van der Waals surface area (Å²) in [6.45, 7) is 4.87. The molecular formula is C81H158N2O6P+. The highest BCUT2D eigenvalue weighted by Crippen LogP contribution is 2.43. The molecule has 1 amide bonds. The topological polar surface area (TPSA) is 105 Å². The van der Waals surface area contributed by atoms with E-state index in [9.17, 15) is 19.4 Å². The second kappa shape index (κ2) is 71.7. The Bertz CT molecular complexity index is 1610. The fourth-order valence-corrected chi connectivity index (χ4v) is 13.1. The summed E-state index contributed by atoms with van der Waals surface area (Å²) in [5.41, 5.74) is 0. The third-order valence-corrected chi connectivity index (χ3v) is 19.5. The van der Waals surface area contributed by atoms with E-state index in [1.54, 1.807) is 6.08 Å². The Balaban J connectivity index is 3.95. The molecule has 3 unspecified atom stereocenters. The van der Waals surface area contributed by atoms with Crippen LogP contribution in [0.1, 0.15) is 412 Å². The smallest absolute Gasteiger partial charge is 0.387 e. The summed E-state index contributed by atoms with van der Waals surface area (Å²) in [7, 11) is 1.59. The Kier molecular flexibility index (Phi) is 70.5. The van der Waals surface area contributed by atoms with Crippen LogP contribution >= 0.6 is 7.82 Å². The number of nitrogens with zero attached hydrogens (tertiary/aromatic N) is 1. The van der Waals surface area contributed by atoms with Gasteiger partial charge in [-0.1, -0.05) is 396 Å². The molecule has 3 atom stereocenters. The van der Waals surface area contributed by atoms with Gasteiger partial charge >= 0.3 is 7.82 Å². The molecule has 0 heterocycles. The van der Waals surface area contributed by atoms with Crippen molar-refractivity contribution in [3.8, 4) is 0 Å². The number of carbonyl (C=O) groups is 1. The molecule has 532 valence electrons. The molecule has 0 aromatic carbocycles. The molecule has 0 radical (unpaired) electrons. The first kappa shape index (κ1) is 88.5. The van der Waals surface area contributed by atoms with Crippen LogP contribution in [0.25, 0.3) is 0 Å². The van der Waals surface area contributed by atoms with Crippen molar-refractivity contribution in [3.05, 3.63) is 48.6 Å². The van der Waals surface area contributed by atoms with Crippen molar-refractivity contribution >= 4 is 13.7 Å². The van der Waals surface area contributed by atoms with Gasteiger partial charge in [-0.2, -0.15) is 0 Å². The average Bonchev–Trinajstić information content (AvgIpc) is 3.18. The molecule has 8 nitrogen and oxygen atoms in total. The van der Waals surface area contributed by atoms with Crippen LogP contribution in [-0.4, -0.2) is 73.4 Å². The predicted molar refractivity (Wildman–Crippen MR) is 397 cm³/mol. The van der Waals surface area contributed by atoms with Gasteiger partial charge in [0.1, 0.15) is 13.2 Å². The first-order valence-electron chi connectivity index (χ1n) is 40.0. The van der Waals surface area contributed by atoms with E-state index in [1.807, 2.05) is 27.2 Å². The molecule has 0 bridgehead atoms. The number of quaternary nitrogens is 1. The molecular weight excluding hydrogens is 1130 g/mol. The van der Waals surface area contributed by atoms with Gasteiger partial charge < -0.3 is 19.8 Å². The van der Waals surface area contributed by atoms with Gasteiger partial charge in [0.05, 0.1) is 39.9 Å². The van der Waals surface area contributed by atoms with Crippen LogP contribution in [0.4, 0.5) is 0 Å². The summed E-state index contributed by atoms with van der Waals surface area (Å²) in [6, 6.07) is -0.848. The molecule has 0 aromatic rings. The number of aliphatic hydroxyl groups is 1. The molecule has 0 spiro atoms. The van der Waals surface area contributed by atoms with Crippen LogP contribution in [0.2, 0.25) is 0 Å². The summed E-state index contributed by atoms with van der Waals surface area (Å²) in [5, 5.41) is 14.1.